The summed E-state index contributed by atoms with van der Waals surface area (Å²) in [5, 5.41) is 14.5. The Morgan fingerprint density at radius 1 is 1.24 bits per heavy atom. The largest absolute Gasteiger partial charge is 0.493 e. The van der Waals surface area contributed by atoms with Crippen LogP contribution in [0.4, 0.5) is 5.69 Å². The summed E-state index contributed by atoms with van der Waals surface area (Å²) >= 11 is 3.37. The van der Waals surface area contributed by atoms with E-state index in [4.69, 9.17) is 9.47 Å². The zero-order valence-electron chi connectivity index (χ0n) is 13.4. The fourth-order valence-electron chi connectivity index (χ4n) is 1.98. The number of hydrazone groups is 1. The summed E-state index contributed by atoms with van der Waals surface area (Å²) in [6.07, 6.45) is 1.44. The summed E-state index contributed by atoms with van der Waals surface area (Å²) in [7, 11) is 3.04. The summed E-state index contributed by atoms with van der Waals surface area (Å²) in [5.41, 5.74) is 3.20. The van der Waals surface area contributed by atoms with E-state index in [1.54, 1.807) is 12.1 Å². The molecule has 0 unspecified atom stereocenters. The molecule has 9 heteroatoms. The Bertz CT molecular complexity index is 821. The second kappa shape index (κ2) is 8.25. The Morgan fingerprint density at radius 3 is 2.48 bits per heavy atom. The van der Waals surface area contributed by atoms with Crippen molar-refractivity contribution in [2.75, 3.05) is 14.2 Å². The second-order valence-corrected chi connectivity index (χ2v) is 5.60. The van der Waals surface area contributed by atoms with E-state index in [-0.39, 0.29) is 11.3 Å². The fourth-order valence-corrected chi connectivity index (χ4v) is 2.60. The highest BCUT2D eigenvalue weighted by atomic mass is 79.9. The number of nitrogens with one attached hydrogen (secondary N) is 1. The lowest BCUT2D eigenvalue weighted by molar-refractivity contribution is -0.384. The Hall–Kier alpha value is -2.94. The van der Waals surface area contributed by atoms with Gasteiger partial charge in [-0.1, -0.05) is 0 Å². The molecule has 130 valence electrons. The molecule has 0 spiro atoms. The second-order valence-electron chi connectivity index (χ2n) is 4.74. The predicted octanol–water partition coefficient (Wildman–Crippen LogP) is 3.14. The average Bonchev–Trinajstić information content (AvgIpc) is 2.61. The predicted molar refractivity (Wildman–Crippen MR) is 95.4 cm³/mol. The van der Waals surface area contributed by atoms with Crippen LogP contribution in [0, 0.1) is 10.1 Å². The summed E-state index contributed by atoms with van der Waals surface area (Å²) in [6, 6.07) is 8.67. The number of carbonyl (C=O) groups is 1. The van der Waals surface area contributed by atoms with E-state index in [1.165, 1.54) is 44.7 Å². The molecule has 0 aliphatic heterocycles. The van der Waals surface area contributed by atoms with Crippen LogP contribution in [-0.2, 0) is 0 Å². The molecule has 0 aliphatic rings. The Labute approximate surface area is 151 Å². The number of nitrogens with zero attached hydrogens (tertiary/aromatic N) is 2. The van der Waals surface area contributed by atoms with E-state index in [2.05, 4.69) is 26.5 Å². The lowest BCUT2D eigenvalue weighted by atomic mass is 10.2. The van der Waals surface area contributed by atoms with Crippen molar-refractivity contribution >= 4 is 33.7 Å². The maximum absolute atomic E-state index is 12.0. The van der Waals surface area contributed by atoms with Crippen molar-refractivity contribution in [3.63, 3.8) is 0 Å². The van der Waals surface area contributed by atoms with Crippen molar-refractivity contribution in [2.24, 2.45) is 5.10 Å². The van der Waals surface area contributed by atoms with Gasteiger partial charge in [0.1, 0.15) is 0 Å². The number of benzene rings is 2. The van der Waals surface area contributed by atoms with Gasteiger partial charge in [0.2, 0.25) is 0 Å². The average molecular weight is 408 g/mol. The topological polar surface area (TPSA) is 103 Å². The number of ether oxygens (including phenoxy) is 2. The van der Waals surface area contributed by atoms with E-state index >= 15 is 0 Å². The Balaban J connectivity index is 2.08. The summed E-state index contributed by atoms with van der Waals surface area (Å²) in [5.74, 6) is 0.584. The number of non-ortho nitro benzene ring substituents is 1. The zero-order valence-corrected chi connectivity index (χ0v) is 14.9. The fraction of sp³-hybridized carbons (Fsp3) is 0.125. The molecule has 1 amide bonds. The molecule has 25 heavy (non-hydrogen) atoms. The van der Waals surface area contributed by atoms with Crippen molar-refractivity contribution < 1.29 is 19.2 Å². The molecule has 1 N–H and O–H groups in total. The molecular formula is C16H14BrN3O5. The molecular weight excluding hydrogens is 394 g/mol. The van der Waals surface area contributed by atoms with Crippen molar-refractivity contribution in [3.05, 3.63) is 62.1 Å². The van der Waals surface area contributed by atoms with Crippen LogP contribution in [0.3, 0.4) is 0 Å². The molecule has 0 heterocycles. The summed E-state index contributed by atoms with van der Waals surface area (Å²) < 4.78 is 11.1. The molecule has 0 aliphatic carbocycles. The Kier molecular flexibility index (Phi) is 6.07. The third-order valence-electron chi connectivity index (χ3n) is 3.18. The van der Waals surface area contributed by atoms with Crippen LogP contribution in [0.1, 0.15) is 15.9 Å². The van der Waals surface area contributed by atoms with Crippen molar-refractivity contribution in [3.8, 4) is 11.5 Å². The van der Waals surface area contributed by atoms with Gasteiger partial charge in [-0.2, -0.15) is 5.10 Å². The molecule has 2 aromatic rings. The smallest absolute Gasteiger partial charge is 0.271 e. The van der Waals surface area contributed by atoms with Crippen molar-refractivity contribution in [1.29, 1.82) is 0 Å². The maximum atomic E-state index is 12.0. The van der Waals surface area contributed by atoms with Gasteiger partial charge in [0.15, 0.2) is 11.5 Å². The Morgan fingerprint density at radius 2 is 1.92 bits per heavy atom. The zero-order chi connectivity index (χ0) is 18.4. The van der Waals surface area contributed by atoms with Crippen LogP contribution in [0.15, 0.2) is 46.0 Å². The SMILES string of the molecule is COc1cc(/C=N\NC(=O)c2ccc([N+](=O)[O-])cc2)cc(Br)c1OC. The lowest BCUT2D eigenvalue weighted by Crippen LogP contribution is -2.17. The molecule has 0 bridgehead atoms. The number of rotatable bonds is 6. The first-order chi connectivity index (χ1) is 12.0. The van der Waals surface area contributed by atoms with Crippen LogP contribution in [-0.4, -0.2) is 31.3 Å². The normalized spacial score (nSPS) is 10.5. The first kappa shape index (κ1) is 18.4. The molecule has 0 atom stereocenters. The monoisotopic (exact) mass is 407 g/mol. The van der Waals surface area contributed by atoms with Crippen LogP contribution in [0.25, 0.3) is 0 Å². The highest BCUT2D eigenvalue weighted by Gasteiger charge is 2.10. The maximum Gasteiger partial charge on any atom is 0.271 e. The molecule has 0 saturated carbocycles. The van der Waals surface area contributed by atoms with Gasteiger partial charge < -0.3 is 9.47 Å². The number of hydrogen-bond donors (Lipinski definition) is 1. The number of nitro benzene ring substituents is 1. The van der Waals surface area contributed by atoms with Crippen molar-refractivity contribution in [1.82, 2.24) is 5.43 Å². The van der Waals surface area contributed by atoms with Crippen LogP contribution < -0.4 is 14.9 Å². The standard InChI is InChI=1S/C16H14BrN3O5/c1-24-14-8-10(7-13(17)15(14)25-2)9-18-19-16(21)11-3-5-12(6-4-11)20(22)23/h3-9H,1-2H3,(H,19,21)/b18-9-. The summed E-state index contributed by atoms with van der Waals surface area (Å²) in [6.45, 7) is 0. The third kappa shape index (κ3) is 4.54. The van der Waals surface area contributed by atoms with Crippen LogP contribution in [0.2, 0.25) is 0 Å². The minimum Gasteiger partial charge on any atom is -0.493 e. The van der Waals surface area contributed by atoms with Gasteiger partial charge in [-0.25, -0.2) is 5.43 Å². The first-order valence-electron chi connectivity index (χ1n) is 6.95. The van der Waals surface area contributed by atoms with Crippen LogP contribution >= 0.6 is 15.9 Å². The van der Waals surface area contributed by atoms with Gasteiger partial charge >= 0.3 is 0 Å². The molecule has 2 rings (SSSR count). The molecule has 0 fully saturated rings. The first-order valence-corrected chi connectivity index (χ1v) is 7.75. The number of carbonyl (C=O) groups excluding carboxylic acids is 1. The number of methoxy groups -OCH3 is 2. The van der Waals surface area contributed by atoms with Gasteiger partial charge in [0.05, 0.1) is 29.8 Å². The minimum absolute atomic E-state index is 0.0878. The molecule has 0 saturated heterocycles. The van der Waals surface area contributed by atoms with E-state index in [0.717, 1.165) is 0 Å². The van der Waals surface area contributed by atoms with E-state index < -0.39 is 10.8 Å². The number of amides is 1. The molecule has 0 radical (unpaired) electrons. The number of halogens is 1. The van der Waals surface area contributed by atoms with Gasteiger partial charge in [-0.3, -0.25) is 14.9 Å². The van der Waals surface area contributed by atoms with E-state index in [9.17, 15) is 14.9 Å². The quantitative estimate of drug-likeness (QED) is 0.450. The summed E-state index contributed by atoms with van der Waals surface area (Å²) in [4.78, 5) is 22.0. The van der Waals surface area contributed by atoms with Crippen LogP contribution in [0.5, 0.6) is 11.5 Å². The molecule has 0 aromatic heterocycles. The molecule has 2 aromatic carbocycles. The number of nitro groups is 1. The van der Waals surface area contributed by atoms with Gasteiger partial charge in [0, 0.05) is 17.7 Å². The highest BCUT2D eigenvalue weighted by Crippen LogP contribution is 2.35. The van der Waals surface area contributed by atoms with E-state index in [0.29, 0.717) is 21.5 Å². The van der Waals surface area contributed by atoms with E-state index in [1.807, 2.05) is 0 Å². The highest BCUT2D eigenvalue weighted by molar-refractivity contribution is 9.10. The molecule has 8 nitrogen and oxygen atoms in total. The minimum atomic E-state index is -0.533. The lowest BCUT2D eigenvalue weighted by Gasteiger charge is -2.10. The van der Waals surface area contributed by atoms with Gasteiger partial charge in [-0.05, 0) is 45.8 Å². The number of hydrogen-bond acceptors (Lipinski definition) is 6. The van der Waals surface area contributed by atoms with Gasteiger partial charge in [0.25, 0.3) is 11.6 Å². The van der Waals surface area contributed by atoms with Crippen molar-refractivity contribution in [2.45, 2.75) is 0 Å². The third-order valence-corrected chi connectivity index (χ3v) is 3.76. The van der Waals surface area contributed by atoms with Gasteiger partial charge in [-0.15, -0.1) is 0 Å².